The summed E-state index contributed by atoms with van der Waals surface area (Å²) in [6, 6.07) is 1.23. The van der Waals surface area contributed by atoms with Gasteiger partial charge in [-0.15, -0.1) is 0 Å². The van der Waals surface area contributed by atoms with Crippen molar-refractivity contribution in [3.8, 4) is 0 Å². The zero-order chi connectivity index (χ0) is 8.97. The van der Waals surface area contributed by atoms with Gasteiger partial charge in [-0.3, -0.25) is 4.79 Å². The molecule has 1 heterocycles. The highest BCUT2D eigenvalue weighted by Crippen LogP contribution is 2.08. The lowest BCUT2D eigenvalue weighted by molar-refractivity contribution is 0.0893. The van der Waals surface area contributed by atoms with Crippen LogP contribution in [0, 0.1) is 0 Å². The Hall–Kier alpha value is -0.710. The maximum atomic E-state index is 11.4. The van der Waals surface area contributed by atoms with Crippen LogP contribution in [0.2, 0.25) is 0 Å². The van der Waals surface area contributed by atoms with E-state index in [9.17, 15) is 4.79 Å². The molecule has 2 N–H and O–H groups in total. The van der Waals surface area contributed by atoms with E-state index >= 15 is 0 Å². The predicted octanol–water partition coefficient (Wildman–Crippen LogP) is 0.904. The molecule has 12 heavy (non-hydrogen) atoms. The van der Waals surface area contributed by atoms with E-state index in [1.807, 2.05) is 5.38 Å². The van der Waals surface area contributed by atoms with E-state index in [1.165, 1.54) is 18.4 Å². The van der Waals surface area contributed by atoms with Crippen molar-refractivity contribution in [1.82, 2.24) is 0 Å². The van der Waals surface area contributed by atoms with Crippen molar-refractivity contribution < 1.29 is 9.53 Å². The lowest BCUT2D eigenvalue weighted by atomic mass is 10.1. The molecule has 1 aromatic heterocycles. The second-order valence-corrected chi connectivity index (χ2v) is 3.22. The van der Waals surface area contributed by atoms with Gasteiger partial charge in [-0.1, -0.05) is 0 Å². The minimum absolute atomic E-state index is 0.0573. The summed E-state index contributed by atoms with van der Waals surface area (Å²) in [7, 11) is 1.53. The fraction of sp³-hybridized carbons (Fsp3) is 0.375. The summed E-state index contributed by atoms with van der Waals surface area (Å²) in [6.07, 6.45) is 0. The summed E-state index contributed by atoms with van der Waals surface area (Å²) in [5, 5.41) is 3.64. The standard InChI is InChI=1S/C8H11NO2S/c1-11-4-7(9)8(10)6-2-3-12-5-6/h2-3,5,7H,4,9H2,1H3. The van der Waals surface area contributed by atoms with Gasteiger partial charge in [0.25, 0.3) is 0 Å². The first-order valence-electron chi connectivity index (χ1n) is 3.56. The number of hydrogen-bond acceptors (Lipinski definition) is 4. The number of methoxy groups -OCH3 is 1. The number of hydrogen-bond donors (Lipinski definition) is 1. The number of ether oxygens (including phenoxy) is 1. The molecule has 0 saturated carbocycles. The normalized spacial score (nSPS) is 12.8. The van der Waals surface area contributed by atoms with Gasteiger partial charge in [-0.25, -0.2) is 0 Å². The molecule has 1 rings (SSSR count). The number of Topliss-reactive ketones (excluding diaryl/α,β-unsaturated/α-hetero) is 1. The predicted molar refractivity (Wildman–Crippen MR) is 48.5 cm³/mol. The van der Waals surface area contributed by atoms with Crippen molar-refractivity contribution in [2.24, 2.45) is 5.73 Å². The van der Waals surface area contributed by atoms with Gasteiger partial charge < -0.3 is 10.5 Å². The molecule has 1 aromatic rings. The molecule has 0 aliphatic carbocycles. The molecule has 0 aliphatic heterocycles. The highest BCUT2D eigenvalue weighted by molar-refractivity contribution is 7.08. The van der Waals surface area contributed by atoms with Crippen molar-refractivity contribution in [1.29, 1.82) is 0 Å². The van der Waals surface area contributed by atoms with Gasteiger partial charge in [0.15, 0.2) is 5.78 Å². The maximum Gasteiger partial charge on any atom is 0.182 e. The molecule has 0 aliphatic rings. The lowest BCUT2D eigenvalue weighted by Gasteiger charge is -2.06. The first-order valence-corrected chi connectivity index (χ1v) is 4.51. The molecular weight excluding hydrogens is 174 g/mol. The summed E-state index contributed by atoms with van der Waals surface area (Å²) >= 11 is 1.49. The van der Waals surface area contributed by atoms with Crippen LogP contribution in [0.4, 0.5) is 0 Å². The van der Waals surface area contributed by atoms with Gasteiger partial charge in [0.05, 0.1) is 12.6 Å². The van der Waals surface area contributed by atoms with E-state index in [0.717, 1.165) is 0 Å². The molecule has 1 unspecified atom stereocenters. The fourth-order valence-electron chi connectivity index (χ4n) is 0.874. The number of nitrogens with two attached hydrogens (primary N) is 1. The number of carbonyl (C=O) groups is 1. The third kappa shape index (κ3) is 2.14. The van der Waals surface area contributed by atoms with Crippen molar-refractivity contribution in [2.75, 3.05) is 13.7 Å². The zero-order valence-corrected chi connectivity index (χ0v) is 7.64. The zero-order valence-electron chi connectivity index (χ0n) is 6.82. The quantitative estimate of drug-likeness (QED) is 0.709. The van der Waals surface area contributed by atoms with E-state index in [0.29, 0.717) is 5.56 Å². The number of thiophene rings is 1. The summed E-state index contributed by atoms with van der Waals surface area (Å²) in [5.41, 5.74) is 6.22. The van der Waals surface area contributed by atoms with Crippen LogP contribution in [0.3, 0.4) is 0 Å². The van der Waals surface area contributed by atoms with Crippen LogP contribution in [0.1, 0.15) is 10.4 Å². The Morgan fingerprint density at radius 1 is 1.83 bits per heavy atom. The Kier molecular flexibility index (Phi) is 3.40. The monoisotopic (exact) mass is 185 g/mol. The van der Waals surface area contributed by atoms with Crippen LogP contribution in [0.15, 0.2) is 16.8 Å². The van der Waals surface area contributed by atoms with Crippen molar-refractivity contribution in [3.05, 3.63) is 22.4 Å². The van der Waals surface area contributed by atoms with Crippen LogP contribution in [0.25, 0.3) is 0 Å². The lowest BCUT2D eigenvalue weighted by Crippen LogP contribution is -2.34. The Bertz CT molecular complexity index is 246. The Morgan fingerprint density at radius 2 is 2.58 bits per heavy atom. The van der Waals surface area contributed by atoms with Crippen LogP contribution >= 0.6 is 11.3 Å². The molecule has 0 bridgehead atoms. The molecule has 0 amide bonds. The highest BCUT2D eigenvalue weighted by Gasteiger charge is 2.14. The highest BCUT2D eigenvalue weighted by atomic mass is 32.1. The summed E-state index contributed by atoms with van der Waals surface area (Å²) in [4.78, 5) is 11.4. The van der Waals surface area contributed by atoms with Crippen molar-refractivity contribution in [3.63, 3.8) is 0 Å². The molecule has 0 spiro atoms. The summed E-state index contributed by atoms with van der Waals surface area (Å²) < 4.78 is 4.78. The van der Waals surface area contributed by atoms with Gasteiger partial charge in [0, 0.05) is 18.1 Å². The number of ketones is 1. The van der Waals surface area contributed by atoms with Gasteiger partial charge in [-0.05, 0) is 11.4 Å². The van der Waals surface area contributed by atoms with Crippen molar-refractivity contribution in [2.45, 2.75) is 6.04 Å². The van der Waals surface area contributed by atoms with Gasteiger partial charge >= 0.3 is 0 Å². The molecule has 0 radical (unpaired) electrons. The molecule has 0 aromatic carbocycles. The van der Waals surface area contributed by atoms with Gasteiger partial charge in [0.1, 0.15) is 0 Å². The van der Waals surface area contributed by atoms with E-state index < -0.39 is 6.04 Å². The molecule has 3 nitrogen and oxygen atoms in total. The smallest absolute Gasteiger partial charge is 0.182 e. The van der Waals surface area contributed by atoms with E-state index in [2.05, 4.69) is 0 Å². The average molecular weight is 185 g/mol. The fourth-order valence-corrected chi connectivity index (χ4v) is 1.52. The Labute approximate surface area is 75.1 Å². The minimum atomic E-state index is -0.537. The topological polar surface area (TPSA) is 52.3 Å². The van der Waals surface area contributed by atoms with Gasteiger partial charge in [-0.2, -0.15) is 11.3 Å². The number of carbonyl (C=O) groups excluding carboxylic acids is 1. The molecule has 0 saturated heterocycles. The first-order chi connectivity index (χ1) is 5.75. The van der Waals surface area contributed by atoms with Crippen LogP contribution in [-0.4, -0.2) is 25.5 Å². The molecule has 1 atom stereocenters. The molecular formula is C8H11NO2S. The van der Waals surface area contributed by atoms with Crippen molar-refractivity contribution >= 4 is 17.1 Å². The second kappa shape index (κ2) is 4.35. The summed E-state index contributed by atoms with van der Waals surface area (Å²) in [5.74, 6) is -0.0573. The Morgan fingerprint density at radius 3 is 3.08 bits per heavy atom. The average Bonchev–Trinajstić information content (AvgIpc) is 2.55. The van der Waals surface area contributed by atoms with Gasteiger partial charge in [0.2, 0.25) is 0 Å². The number of rotatable bonds is 4. The van der Waals surface area contributed by atoms with Crippen LogP contribution in [0.5, 0.6) is 0 Å². The van der Waals surface area contributed by atoms with Crippen LogP contribution < -0.4 is 5.73 Å². The van der Waals surface area contributed by atoms with E-state index in [-0.39, 0.29) is 12.4 Å². The first kappa shape index (κ1) is 9.38. The largest absolute Gasteiger partial charge is 0.383 e. The molecule has 0 fully saturated rings. The molecule has 66 valence electrons. The third-order valence-corrected chi connectivity index (χ3v) is 2.17. The second-order valence-electron chi connectivity index (χ2n) is 2.44. The Balaban J connectivity index is 2.59. The van der Waals surface area contributed by atoms with E-state index in [1.54, 1.807) is 11.4 Å². The summed E-state index contributed by atoms with van der Waals surface area (Å²) in [6.45, 7) is 0.272. The third-order valence-electron chi connectivity index (χ3n) is 1.49. The minimum Gasteiger partial charge on any atom is -0.383 e. The van der Waals surface area contributed by atoms with Crippen LogP contribution in [-0.2, 0) is 4.74 Å². The molecule has 4 heteroatoms. The maximum absolute atomic E-state index is 11.4. The SMILES string of the molecule is COCC(N)C(=O)c1ccsc1. The van der Waals surface area contributed by atoms with E-state index in [4.69, 9.17) is 10.5 Å².